The monoisotopic (exact) mass is 408 g/mol. The Hall–Kier alpha value is -2.96. The summed E-state index contributed by atoms with van der Waals surface area (Å²) in [4.78, 5) is 17.5. The minimum Gasteiger partial charge on any atom is -0.317 e. The Morgan fingerprint density at radius 3 is 2.84 bits per heavy atom. The number of aromatic nitrogens is 1. The van der Waals surface area contributed by atoms with Crippen molar-refractivity contribution >= 4 is 23.5 Å². The van der Waals surface area contributed by atoms with Crippen molar-refractivity contribution in [2.75, 3.05) is 13.1 Å². The molecule has 1 unspecified atom stereocenters. The normalized spacial score (nSPS) is 21.5. The first kappa shape index (κ1) is 20.0. The number of piperidine rings is 1. The molecule has 156 valence electrons. The van der Waals surface area contributed by atoms with Gasteiger partial charge in [0.25, 0.3) is 0 Å². The molecule has 5 rings (SSSR count). The molecule has 1 aliphatic heterocycles. The van der Waals surface area contributed by atoms with Crippen LogP contribution in [0.4, 0.5) is 0 Å². The van der Waals surface area contributed by atoms with Gasteiger partial charge in [-0.1, -0.05) is 49.8 Å². The van der Waals surface area contributed by atoms with E-state index >= 15 is 0 Å². The summed E-state index contributed by atoms with van der Waals surface area (Å²) >= 11 is 0. The van der Waals surface area contributed by atoms with Crippen molar-refractivity contribution in [3.63, 3.8) is 0 Å². The van der Waals surface area contributed by atoms with E-state index in [2.05, 4.69) is 66.6 Å². The molecular formula is C28H28N2O. The Bertz CT molecular complexity index is 1210. The summed E-state index contributed by atoms with van der Waals surface area (Å²) in [5.74, 6) is 0.395. The zero-order valence-corrected chi connectivity index (χ0v) is 18.3. The Labute approximate surface area is 184 Å². The summed E-state index contributed by atoms with van der Waals surface area (Å²) in [6, 6.07) is 13.0. The van der Waals surface area contributed by atoms with E-state index in [0.717, 1.165) is 49.3 Å². The highest BCUT2D eigenvalue weighted by Crippen LogP contribution is 2.41. The van der Waals surface area contributed by atoms with E-state index in [9.17, 15) is 4.79 Å². The standard InChI is InChI=1S/C28H28N2O/c1-3-5-23-19(2)16-22(18-26-24(23)6-4-13-30-26)20-7-9-25-21(17-20)8-10-27(31)28(25)11-14-29-15-12-28/h7-10,13,16-18,22,29H,3,5,11-12,14-15H2,1-2H3. The van der Waals surface area contributed by atoms with Crippen LogP contribution in [0.2, 0.25) is 0 Å². The van der Waals surface area contributed by atoms with Crippen molar-refractivity contribution in [2.45, 2.75) is 50.9 Å². The molecule has 1 saturated heterocycles. The van der Waals surface area contributed by atoms with Gasteiger partial charge in [0.15, 0.2) is 5.78 Å². The highest BCUT2D eigenvalue weighted by atomic mass is 16.1. The molecule has 1 aromatic carbocycles. The van der Waals surface area contributed by atoms with Gasteiger partial charge in [-0.05, 0) is 85.3 Å². The lowest BCUT2D eigenvalue weighted by molar-refractivity contribution is -0.120. The average Bonchev–Trinajstić information content (AvgIpc) is 2.94. The quantitative estimate of drug-likeness (QED) is 0.847. The molecule has 1 aromatic heterocycles. The highest BCUT2D eigenvalue weighted by Gasteiger charge is 2.42. The third kappa shape index (κ3) is 3.36. The van der Waals surface area contributed by atoms with Crippen molar-refractivity contribution in [1.82, 2.24) is 10.3 Å². The number of benzene rings is 1. The highest BCUT2D eigenvalue weighted by molar-refractivity contribution is 6.05. The number of nitrogens with one attached hydrogen (secondary N) is 1. The molecule has 0 radical (unpaired) electrons. The largest absolute Gasteiger partial charge is 0.317 e. The molecule has 2 aliphatic carbocycles. The summed E-state index contributed by atoms with van der Waals surface area (Å²) < 4.78 is 0. The number of allylic oxidation sites excluding steroid dienone is 3. The molecule has 1 spiro atoms. The van der Waals surface area contributed by atoms with Gasteiger partial charge in [-0.2, -0.15) is 0 Å². The van der Waals surface area contributed by atoms with E-state index in [4.69, 9.17) is 0 Å². The molecule has 1 atom stereocenters. The molecule has 1 N–H and O–H groups in total. The van der Waals surface area contributed by atoms with Crippen molar-refractivity contribution in [3.8, 4) is 0 Å². The van der Waals surface area contributed by atoms with Crippen LogP contribution in [0.25, 0.3) is 17.7 Å². The lowest BCUT2D eigenvalue weighted by Crippen LogP contribution is -2.46. The van der Waals surface area contributed by atoms with Crippen LogP contribution in [0, 0.1) is 12.1 Å². The van der Waals surface area contributed by atoms with Gasteiger partial charge in [-0.15, -0.1) is 0 Å². The molecule has 3 heteroatoms. The number of fused-ring (bicyclic) bond motifs is 3. The lowest BCUT2D eigenvalue weighted by Gasteiger charge is -2.39. The van der Waals surface area contributed by atoms with Gasteiger partial charge in [0, 0.05) is 5.92 Å². The fourth-order valence-electron chi connectivity index (χ4n) is 5.43. The molecule has 31 heavy (non-hydrogen) atoms. The van der Waals surface area contributed by atoms with Crippen molar-refractivity contribution < 1.29 is 4.79 Å². The van der Waals surface area contributed by atoms with Gasteiger partial charge in [0.2, 0.25) is 0 Å². The number of rotatable bonds is 3. The van der Waals surface area contributed by atoms with Crippen LogP contribution in [0.5, 0.6) is 0 Å². The van der Waals surface area contributed by atoms with Gasteiger partial charge in [0.05, 0.1) is 22.2 Å². The molecular weight excluding hydrogens is 380 g/mol. The number of hydrogen-bond donors (Lipinski definition) is 1. The molecule has 2 heterocycles. The van der Waals surface area contributed by atoms with Crippen LogP contribution >= 0.6 is 0 Å². The zero-order valence-electron chi connectivity index (χ0n) is 18.3. The topological polar surface area (TPSA) is 42.0 Å². The summed E-state index contributed by atoms with van der Waals surface area (Å²) in [5.41, 5.74) is 5.87. The van der Waals surface area contributed by atoms with Gasteiger partial charge in [-0.3, -0.25) is 4.79 Å². The fraction of sp³-hybridized carbons (Fsp3) is 0.357. The number of carbonyl (C=O) groups is 1. The van der Waals surface area contributed by atoms with Crippen LogP contribution in [-0.2, 0) is 10.2 Å². The number of ketones is 1. The molecule has 0 bridgehead atoms. The predicted molar refractivity (Wildman–Crippen MR) is 125 cm³/mol. The number of hydrogen-bond acceptors (Lipinski definition) is 3. The van der Waals surface area contributed by atoms with Crippen molar-refractivity contribution in [1.29, 1.82) is 0 Å². The van der Waals surface area contributed by atoms with Crippen LogP contribution in [-0.4, -0.2) is 23.9 Å². The first-order valence-electron chi connectivity index (χ1n) is 11.4. The van der Waals surface area contributed by atoms with E-state index in [1.165, 1.54) is 27.8 Å². The smallest absolute Gasteiger partial charge is 0.166 e. The predicted octanol–water partition coefficient (Wildman–Crippen LogP) is 3.37. The van der Waals surface area contributed by atoms with Gasteiger partial charge >= 0.3 is 0 Å². The third-order valence-corrected chi connectivity index (χ3v) is 7.09. The van der Waals surface area contributed by atoms with E-state index in [0.29, 0.717) is 0 Å². The first-order chi connectivity index (χ1) is 15.1. The number of nitrogens with zero attached hydrogens (tertiary/aromatic N) is 1. The minimum absolute atomic E-state index is 0.136. The van der Waals surface area contributed by atoms with E-state index in [-0.39, 0.29) is 17.1 Å². The fourth-order valence-corrected chi connectivity index (χ4v) is 5.43. The maximum atomic E-state index is 12.9. The second-order valence-corrected chi connectivity index (χ2v) is 8.93. The van der Waals surface area contributed by atoms with Crippen LogP contribution in [0.15, 0.2) is 42.1 Å². The molecule has 2 aromatic rings. The van der Waals surface area contributed by atoms with E-state index in [1.807, 2.05) is 6.08 Å². The van der Waals surface area contributed by atoms with Crippen LogP contribution in [0.3, 0.4) is 0 Å². The molecule has 1 fully saturated rings. The van der Waals surface area contributed by atoms with Crippen molar-refractivity contribution in [3.05, 3.63) is 81.5 Å². The second kappa shape index (κ2) is 7.94. The maximum absolute atomic E-state index is 12.9. The summed E-state index contributed by atoms with van der Waals surface area (Å²) in [5, 5.41) is 5.47. The SMILES string of the molecule is CCCC1=c2c#ccnc2=CC(c2ccc3c(c2)C=CC(=O)C32CCNCC2)C=C1C. The minimum atomic E-state index is -0.353. The Morgan fingerprint density at radius 1 is 1.19 bits per heavy atom. The number of carbonyl (C=O) groups excluding carboxylic acids is 1. The average molecular weight is 409 g/mol. The maximum Gasteiger partial charge on any atom is 0.166 e. The third-order valence-electron chi connectivity index (χ3n) is 7.09. The van der Waals surface area contributed by atoms with E-state index < -0.39 is 0 Å². The Balaban J connectivity index is 1.61. The Morgan fingerprint density at radius 2 is 2.03 bits per heavy atom. The zero-order chi connectivity index (χ0) is 21.4. The van der Waals surface area contributed by atoms with Crippen molar-refractivity contribution in [2.24, 2.45) is 0 Å². The molecule has 0 saturated carbocycles. The first-order valence-corrected chi connectivity index (χ1v) is 11.4. The summed E-state index contributed by atoms with van der Waals surface area (Å²) in [7, 11) is 0. The summed E-state index contributed by atoms with van der Waals surface area (Å²) in [6.07, 6.45) is 13.9. The van der Waals surface area contributed by atoms with Gasteiger partial charge in [0.1, 0.15) is 0 Å². The lowest BCUT2D eigenvalue weighted by atomic mass is 9.66. The van der Waals surface area contributed by atoms with Gasteiger partial charge < -0.3 is 5.32 Å². The molecule has 0 amide bonds. The Kier molecular flexibility index (Phi) is 5.12. The molecule has 3 aliphatic rings. The summed E-state index contributed by atoms with van der Waals surface area (Å²) in [6.45, 7) is 6.19. The van der Waals surface area contributed by atoms with E-state index in [1.54, 1.807) is 12.3 Å². The molecule has 3 nitrogen and oxygen atoms in total. The second-order valence-electron chi connectivity index (χ2n) is 8.93. The van der Waals surface area contributed by atoms with Gasteiger partial charge in [-0.25, -0.2) is 4.98 Å². The van der Waals surface area contributed by atoms with Crippen LogP contribution in [0.1, 0.15) is 62.1 Å². The van der Waals surface area contributed by atoms with Crippen LogP contribution < -0.4 is 15.9 Å².